The first-order valence-corrected chi connectivity index (χ1v) is 7.57. The van der Waals surface area contributed by atoms with E-state index in [1.165, 1.54) is 25.9 Å². The molecule has 4 saturated carbocycles. The van der Waals surface area contributed by atoms with Crippen LogP contribution in [0.2, 0.25) is 0 Å². The zero-order valence-corrected chi connectivity index (χ0v) is 10.8. The van der Waals surface area contributed by atoms with E-state index in [2.05, 4.69) is 12.2 Å². The number of rotatable bonds is 5. The summed E-state index contributed by atoms with van der Waals surface area (Å²) in [6.07, 6.45) is 10.6. The van der Waals surface area contributed by atoms with E-state index in [0.29, 0.717) is 0 Å². The summed E-state index contributed by atoms with van der Waals surface area (Å²) >= 11 is 0. The Morgan fingerprint density at radius 2 is 1.56 bits per heavy atom. The molecular formula is C15H27N. The Bertz CT molecular complexity index is 208. The molecule has 0 aromatic carbocycles. The zero-order chi connectivity index (χ0) is 11.0. The highest BCUT2D eigenvalue weighted by Crippen LogP contribution is 2.56. The average molecular weight is 221 g/mol. The summed E-state index contributed by atoms with van der Waals surface area (Å²) in [6, 6.07) is 0. The van der Waals surface area contributed by atoms with Crippen molar-refractivity contribution in [2.75, 3.05) is 13.1 Å². The molecule has 0 spiro atoms. The molecule has 0 aromatic rings. The third-order valence-electron chi connectivity index (χ3n) is 5.51. The van der Waals surface area contributed by atoms with Gasteiger partial charge in [0.25, 0.3) is 0 Å². The molecule has 4 aliphatic rings. The van der Waals surface area contributed by atoms with Gasteiger partial charge >= 0.3 is 0 Å². The quantitative estimate of drug-likeness (QED) is 0.701. The second-order valence-electron chi connectivity index (χ2n) is 6.65. The summed E-state index contributed by atoms with van der Waals surface area (Å²) in [7, 11) is 0. The van der Waals surface area contributed by atoms with Crippen LogP contribution in [0.25, 0.3) is 0 Å². The minimum absolute atomic E-state index is 1.05. The van der Waals surface area contributed by atoms with Gasteiger partial charge in [-0.05, 0) is 81.2 Å². The zero-order valence-electron chi connectivity index (χ0n) is 10.8. The van der Waals surface area contributed by atoms with Crippen LogP contribution in [0.4, 0.5) is 0 Å². The Balaban J connectivity index is 1.52. The van der Waals surface area contributed by atoms with Crippen LogP contribution in [0.15, 0.2) is 0 Å². The van der Waals surface area contributed by atoms with Crippen molar-refractivity contribution in [1.29, 1.82) is 0 Å². The predicted octanol–water partition coefficient (Wildman–Crippen LogP) is 3.45. The highest BCUT2D eigenvalue weighted by molar-refractivity contribution is 4.98. The van der Waals surface area contributed by atoms with Crippen LogP contribution in [0.5, 0.6) is 0 Å². The Morgan fingerprint density at radius 1 is 0.938 bits per heavy atom. The second-order valence-corrected chi connectivity index (χ2v) is 6.65. The van der Waals surface area contributed by atoms with Gasteiger partial charge in [0.2, 0.25) is 0 Å². The molecule has 1 heteroatoms. The first kappa shape index (κ1) is 11.1. The molecule has 0 amide bonds. The van der Waals surface area contributed by atoms with Gasteiger partial charge in [-0.1, -0.05) is 13.3 Å². The van der Waals surface area contributed by atoms with Crippen LogP contribution in [0.3, 0.4) is 0 Å². The van der Waals surface area contributed by atoms with Gasteiger partial charge in [0, 0.05) is 0 Å². The lowest BCUT2D eigenvalue weighted by atomic mass is 9.52. The van der Waals surface area contributed by atoms with Crippen LogP contribution >= 0.6 is 0 Å². The van der Waals surface area contributed by atoms with E-state index in [0.717, 1.165) is 29.6 Å². The number of hydrogen-bond acceptors (Lipinski definition) is 1. The molecule has 4 fully saturated rings. The Labute approximate surface area is 100 Å². The van der Waals surface area contributed by atoms with Crippen LogP contribution in [0.1, 0.15) is 51.9 Å². The molecule has 0 heterocycles. The molecule has 4 aliphatic carbocycles. The maximum absolute atomic E-state index is 3.71. The first-order chi connectivity index (χ1) is 7.86. The summed E-state index contributed by atoms with van der Waals surface area (Å²) in [5.74, 6) is 5.52. The molecule has 0 unspecified atom stereocenters. The lowest BCUT2D eigenvalue weighted by Gasteiger charge is -2.54. The smallest absolute Gasteiger partial charge is 0.00152 e. The van der Waals surface area contributed by atoms with E-state index in [-0.39, 0.29) is 0 Å². The van der Waals surface area contributed by atoms with E-state index in [9.17, 15) is 0 Å². The lowest BCUT2D eigenvalue weighted by molar-refractivity contribution is -0.0353. The summed E-state index contributed by atoms with van der Waals surface area (Å²) < 4.78 is 0. The van der Waals surface area contributed by atoms with Crippen LogP contribution in [0, 0.1) is 29.6 Å². The van der Waals surface area contributed by atoms with Crippen molar-refractivity contribution in [3.05, 3.63) is 0 Å². The number of hydrogen-bond donors (Lipinski definition) is 1. The molecule has 0 radical (unpaired) electrons. The maximum Gasteiger partial charge on any atom is -0.00152 e. The van der Waals surface area contributed by atoms with Crippen LogP contribution in [-0.2, 0) is 0 Å². The van der Waals surface area contributed by atoms with Crippen molar-refractivity contribution < 1.29 is 0 Å². The summed E-state index contributed by atoms with van der Waals surface area (Å²) in [5, 5.41) is 3.71. The van der Waals surface area contributed by atoms with Crippen molar-refractivity contribution in [2.24, 2.45) is 29.6 Å². The predicted molar refractivity (Wildman–Crippen MR) is 68.3 cm³/mol. The van der Waals surface area contributed by atoms with E-state index in [4.69, 9.17) is 0 Å². The average Bonchev–Trinajstić information content (AvgIpc) is 2.26. The molecule has 0 saturated heterocycles. The Morgan fingerprint density at radius 3 is 2.12 bits per heavy atom. The Hall–Kier alpha value is -0.0400. The van der Waals surface area contributed by atoms with Gasteiger partial charge in [-0.25, -0.2) is 0 Å². The van der Waals surface area contributed by atoms with Gasteiger partial charge in [0.05, 0.1) is 0 Å². The van der Waals surface area contributed by atoms with Crippen molar-refractivity contribution in [3.63, 3.8) is 0 Å². The number of unbranched alkanes of at least 4 members (excludes halogenated alkanes) is 1. The third-order valence-corrected chi connectivity index (χ3v) is 5.51. The monoisotopic (exact) mass is 221 g/mol. The van der Waals surface area contributed by atoms with Gasteiger partial charge in [0.1, 0.15) is 0 Å². The van der Waals surface area contributed by atoms with Gasteiger partial charge < -0.3 is 5.32 Å². The summed E-state index contributed by atoms with van der Waals surface area (Å²) in [4.78, 5) is 0. The van der Waals surface area contributed by atoms with E-state index >= 15 is 0 Å². The molecule has 4 bridgehead atoms. The normalized spacial score (nSPS) is 45.2. The number of nitrogens with one attached hydrogen (secondary N) is 1. The highest BCUT2D eigenvalue weighted by Gasteiger charge is 2.47. The molecule has 1 N–H and O–H groups in total. The second kappa shape index (κ2) is 4.68. The molecular weight excluding hydrogens is 194 g/mol. The first-order valence-electron chi connectivity index (χ1n) is 7.57. The van der Waals surface area contributed by atoms with Gasteiger partial charge in [-0.2, -0.15) is 0 Å². The van der Waals surface area contributed by atoms with Crippen molar-refractivity contribution in [2.45, 2.75) is 51.9 Å². The largest absolute Gasteiger partial charge is 0.316 e. The molecule has 4 rings (SSSR count). The fourth-order valence-corrected chi connectivity index (χ4v) is 4.94. The minimum atomic E-state index is 1.05. The minimum Gasteiger partial charge on any atom is -0.316 e. The summed E-state index contributed by atoms with van der Waals surface area (Å²) in [5.41, 5.74) is 0. The fraction of sp³-hybridized carbons (Fsp3) is 1.00. The standard InChI is InChI=1S/C15H27N/c1-2-3-4-16-10-15-13-6-11-5-12(8-13)9-14(15)7-11/h11-16H,2-10H2,1H3. The Kier molecular flexibility index (Phi) is 3.24. The van der Waals surface area contributed by atoms with Crippen molar-refractivity contribution in [1.82, 2.24) is 5.32 Å². The van der Waals surface area contributed by atoms with Crippen LogP contribution in [-0.4, -0.2) is 13.1 Å². The van der Waals surface area contributed by atoms with Gasteiger partial charge in [-0.3, -0.25) is 0 Å². The SMILES string of the molecule is CCCCNCC1C2CC3CC(C2)CC1C3. The third kappa shape index (κ3) is 2.03. The van der Waals surface area contributed by atoms with Crippen molar-refractivity contribution in [3.8, 4) is 0 Å². The van der Waals surface area contributed by atoms with E-state index in [1.54, 1.807) is 32.1 Å². The topological polar surface area (TPSA) is 12.0 Å². The summed E-state index contributed by atoms with van der Waals surface area (Å²) in [6.45, 7) is 4.86. The molecule has 92 valence electrons. The fourth-order valence-electron chi connectivity index (χ4n) is 4.94. The maximum atomic E-state index is 3.71. The van der Waals surface area contributed by atoms with E-state index in [1.807, 2.05) is 0 Å². The van der Waals surface area contributed by atoms with Crippen LogP contribution < -0.4 is 5.32 Å². The molecule has 0 aromatic heterocycles. The van der Waals surface area contributed by atoms with Gasteiger partial charge in [-0.15, -0.1) is 0 Å². The van der Waals surface area contributed by atoms with Crippen molar-refractivity contribution >= 4 is 0 Å². The molecule has 1 nitrogen and oxygen atoms in total. The lowest BCUT2D eigenvalue weighted by Crippen LogP contribution is -2.48. The molecule has 16 heavy (non-hydrogen) atoms. The van der Waals surface area contributed by atoms with E-state index < -0.39 is 0 Å². The highest BCUT2D eigenvalue weighted by atomic mass is 14.9. The molecule has 0 atom stereocenters. The van der Waals surface area contributed by atoms with Gasteiger partial charge in [0.15, 0.2) is 0 Å². The molecule has 0 aliphatic heterocycles.